The van der Waals surface area contributed by atoms with Crippen molar-refractivity contribution in [3.8, 4) is 6.07 Å². The summed E-state index contributed by atoms with van der Waals surface area (Å²) in [5.74, 6) is -0.131. The Morgan fingerprint density at radius 1 is 1.50 bits per heavy atom. The number of aromatic nitrogens is 1. The van der Waals surface area contributed by atoms with Crippen LogP contribution in [0.25, 0.3) is 0 Å². The molecule has 2 heterocycles. The number of pyridine rings is 1. The molecule has 3 N–H and O–H groups in total. The first-order valence-electron chi connectivity index (χ1n) is 6.60. The van der Waals surface area contributed by atoms with E-state index in [2.05, 4.69) is 10.3 Å². The molecule has 0 saturated carbocycles. The van der Waals surface area contributed by atoms with E-state index in [0.29, 0.717) is 19.4 Å². The summed E-state index contributed by atoms with van der Waals surface area (Å²) >= 11 is 0. The van der Waals surface area contributed by atoms with Crippen LogP contribution in [0.5, 0.6) is 0 Å². The van der Waals surface area contributed by atoms with Crippen LogP contribution in [0.4, 0.5) is 23.8 Å². The number of alkyl halides is 3. The lowest BCUT2D eigenvalue weighted by atomic mass is 10.1. The molecule has 0 aliphatic carbocycles. The van der Waals surface area contributed by atoms with E-state index in [1.54, 1.807) is 6.07 Å². The van der Waals surface area contributed by atoms with Gasteiger partial charge in [-0.15, -0.1) is 0 Å². The third-order valence-electron chi connectivity index (χ3n) is 3.38. The number of primary amides is 1. The molecule has 1 fully saturated rings. The van der Waals surface area contributed by atoms with E-state index in [9.17, 15) is 18.0 Å². The molecule has 118 valence electrons. The Labute approximate surface area is 124 Å². The highest BCUT2D eigenvalue weighted by Gasteiger charge is 2.33. The maximum Gasteiger partial charge on any atom is 0.433 e. The third-order valence-corrected chi connectivity index (χ3v) is 3.38. The topological polar surface area (TPSA) is 95.0 Å². The second-order valence-electron chi connectivity index (χ2n) is 4.97. The lowest BCUT2D eigenvalue weighted by molar-refractivity contribution is -0.141. The third kappa shape index (κ3) is 3.58. The molecule has 0 radical (unpaired) electrons. The Balaban J connectivity index is 2.21. The number of urea groups is 1. The molecule has 9 heteroatoms. The number of likely N-dealkylation sites (tertiary alicyclic amines) is 1. The molecule has 6 nitrogen and oxygen atoms in total. The molecule has 1 saturated heterocycles. The summed E-state index contributed by atoms with van der Waals surface area (Å²) in [5.41, 5.74) is 4.15. The van der Waals surface area contributed by atoms with Crippen LogP contribution in [-0.4, -0.2) is 35.0 Å². The Hall–Kier alpha value is -2.50. The van der Waals surface area contributed by atoms with E-state index in [0.717, 1.165) is 12.1 Å². The molecule has 2 amide bonds. The fraction of sp³-hybridized carbons (Fsp3) is 0.462. The van der Waals surface area contributed by atoms with Crippen molar-refractivity contribution in [3.63, 3.8) is 0 Å². The second kappa shape index (κ2) is 6.09. The largest absolute Gasteiger partial charge is 0.433 e. The summed E-state index contributed by atoms with van der Waals surface area (Å²) in [6, 6.07) is 2.76. The van der Waals surface area contributed by atoms with Gasteiger partial charge in [-0.3, -0.25) is 0 Å². The van der Waals surface area contributed by atoms with Crippen LogP contribution >= 0.6 is 0 Å². The maximum absolute atomic E-state index is 12.7. The normalized spacial score (nSPS) is 18.6. The monoisotopic (exact) mass is 313 g/mol. The smallest absolute Gasteiger partial charge is 0.364 e. The molecule has 0 unspecified atom stereocenters. The van der Waals surface area contributed by atoms with Crippen molar-refractivity contribution in [2.75, 3.05) is 18.4 Å². The van der Waals surface area contributed by atoms with Gasteiger partial charge in [0.15, 0.2) is 0 Å². The highest BCUT2D eigenvalue weighted by atomic mass is 19.4. The molecular weight excluding hydrogens is 299 g/mol. The summed E-state index contributed by atoms with van der Waals surface area (Å²) in [6.07, 6.45) is -3.27. The SMILES string of the molecule is N#Cc1ccc(C(F)(F)F)nc1N[C@@H]1CCCN(C(N)=O)C1. The number of nitriles is 1. The number of hydrogen-bond acceptors (Lipinski definition) is 4. The number of nitrogens with one attached hydrogen (secondary N) is 1. The predicted octanol–water partition coefficient (Wildman–Crippen LogP) is 1.93. The van der Waals surface area contributed by atoms with Crippen molar-refractivity contribution in [2.24, 2.45) is 5.73 Å². The van der Waals surface area contributed by atoms with E-state index in [1.165, 1.54) is 4.90 Å². The van der Waals surface area contributed by atoms with Gasteiger partial charge in [-0.1, -0.05) is 0 Å². The quantitative estimate of drug-likeness (QED) is 0.872. The van der Waals surface area contributed by atoms with Crippen LogP contribution in [-0.2, 0) is 6.18 Å². The van der Waals surface area contributed by atoms with Crippen LogP contribution < -0.4 is 11.1 Å². The summed E-state index contributed by atoms with van der Waals surface area (Å²) in [6.45, 7) is 0.771. The minimum atomic E-state index is -4.59. The van der Waals surface area contributed by atoms with Gasteiger partial charge in [0.1, 0.15) is 17.6 Å². The van der Waals surface area contributed by atoms with Gasteiger partial charge in [0.05, 0.1) is 5.56 Å². The van der Waals surface area contributed by atoms with Gasteiger partial charge < -0.3 is 16.0 Å². The molecule has 1 atom stereocenters. The average molecular weight is 313 g/mol. The number of hydrogen-bond donors (Lipinski definition) is 2. The number of carbonyl (C=O) groups is 1. The van der Waals surface area contributed by atoms with Crippen LogP contribution in [0, 0.1) is 11.3 Å². The minimum absolute atomic E-state index is 0.0178. The van der Waals surface area contributed by atoms with Crippen molar-refractivity contribution in [1.29, 1.82) is 5.26 Å². The van der Waals surface area contributed by atoms with Crippen LogP contribution in [0.3, 0.4) is 0 Å². The highest BCUT2D eigenvalue weighted by molar-refractivity contribution is 5.72. The Kier molecular flexibility index (Phi) is 4.40. The van der Waals surface area contributed by atoms with Crippen molar-refractivity contribution >= 4 is 11.8 Å². The van der Waals surface area contributed by atoms with Crippen molar-refractivity contribution in [3.05, 3.63) is 23.4 Å². The van der Waals surface area contributed by atoms with E-state index < -0.39 is 17.9 Å². The zero-order chi connectivity index (χ0) is 16.3. The molecule has 1 aliphatic heterocycles. The van der Waals surface area contributed by atoms with Gasteiger partial charge in [-0.2, -0.15) is 18.4 Å². The second-order valence-corrected chi connectivity index (χ2v) is 4.97. The lowest BCUT2D eigenvalue weighted by Gasteiger charge is -2.32. The summed E-state index contributed by atoms with van der Waals surface area (Å²) < 4.78 is 38.1. The number of carbonyl (C=O) groups excluding carboxylic acids is 1. The van der Waals surface area contributed by atoms with E-state index in [1.807, 2.05) is 0 Å². The summed E-state index contributed by atoms with van der Waals surface area (Å²) in [5, 5.41) is 11.8. The fourth-order valence-electron chi connectivity index (χ4n) is 2.31. The Morgan fingerprint density at radius 2 is 2.23 bits per heavy atom. The number of nitrogens with zero attached hydrogens (tertiary/aromatic N) is 3. The minimum Gasteiger partial charge on any atom is -0.364 e. The number of nitrogens with two attached hydrogens (primary N) is 1. The number of amides is 2. The average Bonchev–Trinajstić information content (AvgIpc) is 2.46. The number of anilines is 1. The van der Waals surface area contributed by atoms with Gasteiger partial charge >= 0.3 is 12.2 Å². The van der Waals surface area contributed by atoms with E-state index in [4.69, 9.17) is 11.0 Å². The maximum atomic E-state index is 12.7. The molecular formula is C13H14F3N5O. The fourth-order valence-corrected chi connectivity index (χ4v) is 2.31. The van der Waals surface area contributed by atoms with E-state index in [-0.39, 0.29) is 24.0 Å². The molecule has 2 rings (SSSR count). The standard InChI is InChI=1S/C13H14F3N5O/c14-13(15,16)10-4-3-8(6-17)11(20-10)19-9-2-1-5-21(7-9)12(18)22/h3-4,9H,1-2,5,7H2,(H2,18,22)(H,19,20)/t9-/m1/s1. The van der Waals surface area contributed by atoms with Gasteiger partial charge in [-0.05, 0) is 25.0 Å². The number of piperidine rings is 1. The van der Waals surface area contributed by atoms with Gasteiger partial charge in [-0.25, -0.2) is 9.78 Å². The highest BCUT2D eigenvalue weighted by Crippen LogP contribution is 2.29. The van der Waals surface area contributed by atoms with Crippen LogP contribution in [0.2, 0.25) is 0 Å². The Bertz CT molecular complexity index is 611. The van der Waals surface area contributed by atoms with Crippen LogP contribution in [0.1, 0.15) is 24.1 Å². The summed E-state index contributed by atoms with van der Waals surface area (Å²) in [7, 11) is 0. The first-order chi connectivity index (χ1) is 10.3. The molecule has 1 aromatic heterocycles. The number of rotatable bonds is 2. The zero-order valence-electron chi connectivity index (χ0n) is 11.5. The van der Waals surface area contributed by atoms with E-state index >= 15 is 0 Å². The van der Waals surface area contributed by atoms with Gasteiger partial charge in [0, 0.05) is 19.1 Å². The van der Waals surface area contributed by atoms with Crippen molar-refractivity contribution < 1.29 is 18.0 Å². The molecule has 1 aromatic rings. The summed E-state index contributed by atoms with van der Waals surface area (Å²) in [4.78, 5) is 16.1. The first kappa shape index (κ1) is 15.9. The van der Waals surface area contributed by atoms with Gasteiger partial charge in [0.25, 0.3) is 0 Å². The molecule has 0 aromatic carbocycles. The predicted molar refractivity (Wildman–Crippen MR) is 71.8 cm³/mol. The Morgan fingerprint density at radius 3 is 2.82 bits per heavy atom. The molecule has 0 spiro atoms. The van der Waals surface area contributed by atoms with Crippen LogP contribution in [0.15, 0.2) is 12.1 Å². The molecule has 0 bridgehead atoms. The number of halogens is 3. The lowest BCUT2D eigenvalue weighted by Crippen LogP contribution is -2.47. The molecule has 22 heavy (non-hydrogen) atoms. The zero-order valence-corrected chi connectivity index (χ0v) is 11.5. The van der Waals surface area contributed by atoms with Gasteiger partial charge in [0.2, 0.25) is 0 Å². The first-order valence-corrected chi connectivity index (χ1v) is 6.60. The molecule has 1 aliphatic rings. The van der Waals surface area contributed by atoms with Crippen molar-refractivity contribution in [2.45, 2.75) is 25.1 Å². The van der Waals surface area contributed by atoms with Crippen molar-refractivity contribution in [1.82, 2.24) is 9.88 Å².